The van der Waals surface area contributed by atoms with Gasteiger partial charge in [0.1, 0.15) is 15.8 Å². The second-order valence-corrected chi connectivity index (χ2v) is 8.09. The number of amides is 1. The molecule has 0 unspecified atom stereocenters. The molecule has 27 heavy (non-hydrogen) atoms. The first-order valence-corrected chi connectivity index (χ1v) is 9.70. The van der Waals surface area contributed by atoms with Gasteiger partial charge >= 0.3 is 0 Å². The third-order valence-corrected chi connectivity index (χ3v) is 5.36. The number of anilines is 1. The number of carbonyl (C=O) groups excluding carboxylic acids is 1. The summed E-state index contributed by atoms with van der Waals surface area (Å²) in [6, 6.07) is 3.56. The largest absolute Gasteiger partial charge is 0.395 e. The van der Waals surface area contributed by atoms with Crippen LogP contribution in [0.1, 0.15) is 25.0 Å². The Balaban J connectivity index is 2.17. The smallest absolute Gasteiger partial charge is 0.267 e. The van der Waals surface area contributed by atoms with Gasteiger partial charge in [-0.3, -0.25) is 18.9 Å². The quantitative estimate of drug-likeness (QED) is 0.582. The van der Waals surface area contributed by atoms with Gasteiger partial charge in [0.2, 0.25) is 0 Å². The second-order valence-electron chi connectivity index (χ2n) is 6.41. The van der Waals surface area contributed by atoms with Gasteiger partial charge in [0.05, 0.1) is 17.1 Å². The van der Waals surface area contributed by atoms with Crippen LogP contribution >= 0.6 is 24.0 Å². The summed E-state index contributed by atoms with van der Waals surface area (Å²) in [5, 5.41) is 12.1. The lowest BCUT2D eigenvalue weighted by molar-refractivity contribution is -0.123. The van der Waals surface area contributed by atoms with E-state index in [1.165, 1.54) is 27.1 Å². The number of pyridine rings is 1. The third-order valence-electron chi connectivity index (χ3n) is 4.03. The summed E-state index contributed by atoms with van der Waals surface area (Å²) in [6.07, 6.45) is 3.24. The Morgan fingerprint density at radius 1 is 1.37 bits per heavy atom. The monoisotopic (exact) mass is 404 g/mol. The van der Waals surface area contributed by atoms with E-state index in [0.29, 0.717) is 20.7 Å². The number of nitrogens with zero attached hydrogens (tertiary/aromatic N) is 3. The molecule has 2 aromatic heterocycles. The molecule has 0 saturated carbocycles. The van der Waals surface area contributed by atoms with Crippen molar-refractivity contribution in [2.45, 2.75) is 26.8 Å². The van der Waals surface area contributed by atoms with Crippen molar-refractivity contribution in [3.8, 4) is 0 Å². The Morgan fingerprint density at radius 3 is 2.74 bits per heavy atom. The lowest BCUT2D eigenvalue weighted by atomic mass is 10.2. The third kappa shape index (κ3) is 3.76. The van der Waals surface area contributed by atoms with Crippen LogP contribution in [0.25, 0.3) is 11.7 Å². The lowest BCUT2D eigenvalue weighted by Gasteiger charge is -2.18. The number of thioether (sulfide) groups is 1. The van der Waals surface area contributed by atoms with Gasteiger partial charge in [0, 0.05) is 18.8 Å². The van der Waals surface area contributed by atoms with Crippen LogP contribution in [0.15, 0.2) is 28.0 Å². The molecule has 1 aliphatic heterocycles. The molecule has 3 rings (SSSR count). The zero-order chi connectivity index (χ0) is 19.7. The van der Waals surface area contributed by atoms with Crippen molar-refractivity contribution in [2.24, 2.45) is 0 Å². The van der Waals surface area contributed by atoms with Gasteiger partial charge in [0.15, 0.2) is 0 Å². The highest BCUT2D eigenvalue weighted by molar-refractivity contribution is 8.26. The lowest BCUT2D eigenvalue weighted by Crippen LogP contribution is -2.34. The molecular formula is C18H20N4O3S2. The summed E-state index contributed by atoms with van der Waals surface area (Å²) in [5.74, 6) is 0.106. The Morgan fingerprint density at radius 2 is 2.11 bits per heavy atom. The number of hydrogen-bond acceptors (Lipinski definition) is 7. The summed E-state index contributed by atoms with van der Waals surface area (Å²) < 4.78 is 1.92. The van der Waals surface area contributed by atoms with E-state index in [1.807, 2.05) is 26.8 Å². The van der Waals surface area contributed by atoms with Crippen LogP contribution in [0.5, 0.6) is 0 Å². The molecule has 1 aliphatic rings. The topological polar surface area (TPSA) is 86.9 Å². The van der Waals surface area contributed by atoms with E-state index in [9.17, 15) is 9.59 Å². The highest BCUT2D eigenvalue weighted by atomic mass is 32.2. The Bertz CT molecular complexity index is 1010. The molecule has 1 amide bonds. The maximum atomic E-state index is 13.1. The number of aliphatic hydroxyl groups is 1. The van der Waals surface area contributed by atoms with Crippen LogP contribution in [0.3, 0.4) is 0 Å². The standard InChI is InChI=1S/C18H20N4O3S2/c1-10(2)22-17(25)13(27-18(22)26)8-12-15(19-6-7-23)20-14-5-4-11(3)9-21(14)16(12)24/h4-5,8-10,19,23H,6-7H2,1-3H3/b13-8+. The zero-order valence-electron chi connectivity index (χ0n) is 15.2. The average Bonchev–Trinajstić information content (AvgIpc) is 2.90. The minimum absolute atomic E-state index is 0.0612. The number of aryl methyl sites for hydroxylation is 1. The van der Waals surface area contributed by atoms with E-state index in [4.69, 9.17) is 17.3 Å². The summed E-state index contributed by atoms with van der Waals surface area (Å²) in [5.41, 5.74) is 1.37. The van der Waals surface area contributed by atoms with Crippen LogP contribution in [0, 0.1) is 6.92 Å². The van der Waals surface area contributed by atoms with Gasteiger partial charge < -0.3 is 10.4 Å². The number of hydrogen-bond donors (Lipinski definition) is 2. The second kappa shape index (κ2) is 7.79. The van der Waals surface area contributed by atoms with Crippen LogP contribution in [0.4, 0.5) is 5.82 Å². The minimum Gasteiger partial charge on any atom is -0.395 e. The molecule has 3 heterocycles. The molecule has 0 bridgehead atoms. The van der Waals surface area contributed by atoms with Crippen molar-refractivity contribution < 1.29 is 9.90 Å². The molecular weight excluding hydrogens is 384 g/mol. The van der Waals surface area contributed by atoms with Crippen LogP contribution in [-0.4, -0.2) is 48.8 Å². The maximum absolute atomic E-state index is 13.1. The molecule has 1 saturated heterocycles. The predicted octanol–water partition coefficient (Wildman–Crippen LogP) is 2.02. The van der Waals surface area contributed by atoms with Gasteiger partial charge in [-0.2, -0.15) is 0 Å². The Labute approximate surface area is 166 Å². The van der Waals surface area contributed by atoms with Crippen molar-refractivity contribution in [1.29, 1.82) is 0 Å². The van der Waals surface area contributed by atoms with Gasteiger partial charge in [-0.1, -0.05) is 30.0 Å². The van der Waals surface area contributed by atoms with Gasteiger partial charge in [-0.15, -0.1) is 0 Å². The van der Waals surface area contributed by atoms with E-state index in [-0.39, 0.29) is 36.2 Å². The SMILES string of the molecule is Cc1ccc2nc(NCCO)c(/C=C3/SC(=S)N(C(C)C)C3=O)c(=O)n2c1. The van der Waals surface area contributed by atoms with Crippen molar-refractivity contribution in [3.63, 3.8) is 0 Å². The fourth-order valence-corrected chi connectivity index (χ4v) is 4.26. The molecule has 1 fully saturated rings. The highest BCUT2D eigenvalue weighted by Gasteiger charge is 2.34. The van der Waals surface area contributed by atoms with Crippen molar-refractivity contribution in [3.05, 3.63) is 44.7 Å². The normalized spacial score (nSPS) is 16.2. The Kier molecular flexibility index (Phi) is 5.64. The molecule has 9 heteroatoms. The van der Waals surface area contributed by atoms with Crippen molar-refractivity contribution in [2.75, 3.05) is 18.5 Å². The minimum atomic E-state index is -0.293. The van der Waals surface area contributed by atoms with Crippen molar-refractivity contribution in [1.82, 2.24) is 14.3 Å². The fourth-order valence-electron chi connectivity index (χ4n) is 2.75. The molecule has 0 aromatic carbocycles. The zero-order valence-corrected chi connectivity index (χ0v) is 16.9. The first kappa shape index (κ1) is 19.5. The number of aliphatic hydroxyl groups excluding tert-OH is 1. The molecule has 0 radical (unpaired) electrons. The number of fused-ring (bicyclic) bond motifs is 1. The van der Waals surface area contributed by atoms with E-state index in [1.54, 1.807) is 12.3 Å². The molecule has 0 aliphatic carbocycles. The van der Waals surface area contributed by atoms with Crippen LogP contribution < -0.4 is 10.9 Å². The summed E-state index contributed by atoms with van der Waals surface area (Å²) in [6.45, 7) is 5.79. The van der Waals surface area contributed by atoms with Crippen LogP contribution in [0.2, 0.25) is 0 Å². The number of carbonyl (C=O) groups is 1. The molecule has 142 valence electrons. The fraction of sp³-hybridized carbons (Fsp3) is 0.333. The van der Waals surface area contributed by atoms with E-state index < -0.39 is 0 Å². The maximum Gasteiger partial charge on any atom is 0.267 e. The predicted molar refractivity (Wildman–Crippen MR) is 112 cm³/mol. The average molecular weight is 405 g/mol. The number of rotatable bonds is 5. The van der Waals surface area contributed by atoms with Gasteiger partial charge in [0.25, 0.3) is 11.5 Å². The van der Waals surface area contributed by atoms with Gasteiger partial charge in [-0.05, 0) is 38.5 Å². The van der Waals surface area contributed by atoms with Crippen molar-refractivity contribution >= 4 is 51.7 Å². The molecule has 2 aromatic rings. The van der Waals surface area contributed by atoms with Gasteiger partial charge in [-0.25, -0.2) is 4.98 Å². The van der Waals surface area contributed by atoms with Crippen LogP contribution in [-0.2, 0) is 4.79 Å². The first-order valence-electron chi connectivity index (χ1n) is 8.48. The molecule has 0 atom stereocenters. The summed E-state index contributed by atoms with van der Waals surface area (Å²) in [7, 11) is 0. The molecule has 7 nitrogen and oxygen atoms in total. The number of aromatic nitrogens is 2. The van der Waals surface area contributed by atoms with E-state index in [2.05, 4.69) is 10.3 Å². The van der Waals surface area contributed by atoms with E-state index >= 15 is 0 Å². The molecule has 0 spiro atoms. The highest BCUT2D eigenvalue weighted by Crippen LogP contribution is 2.34. The summed E-state index contributed by atoms with van der Waals surface area (Å²) >= 11 is 6.47. The number of nitrogens with one attached hydrogen (secondary N) is 1. The Hall–Kier alpha value is -2.23. The van der Waals surface area contributed by atoms with E-state index in [0.717, 1.165) is 5.56 Å². The first-order chi connectivity index (χ1) is 12.8. The molecule has 2 N–H and O–H groups in total. The number of thiocarbonyl (C=S) groups is 1. The summed E-state index contributed by atoms with van der Waals surface area (Å²) in [4.78, 5) is 32.1.